The number of hydrogen-bond acceptors (Lipinski definition) is 8. The number of nitro groups is 1. The van der Waals surface area contributed by atoms with Crippen LogP contribution in [0.1, 0.15) is 34.1 Å². The first-order valence-corrected chi connectivity index (χ1v) is 9.85. The fourth-order valence-electron chi connectivity index (χ4n) is 3.08. The van der Waals surface area contributed by atoms with Gasteiger partial charge in [0.2, 0.25) is 0 Å². The summed E-state index contributed by atoms with van der Waals surface area (Å²) < 4.78 is 7.31. The molecule has 0 saturated heterocycles. The number of thiophene rings is 1. The summed E-state index contributed by atoms with van der Waals surface area (Å²) in [5, 5.41) is 16.4. The number of fused-ring (bicyclic) bond motifs is 3. The van der Waals surface area contributed by atoms with Gasteiger partial charge in [-0.05, 0) is 25.5 Å². The Morgan fingerprint density at radius 3 is 2.77 bits per heavy atom. The highest BCUT2D eigenvalue weighted by atomic mass is 32.1. The third-order valence-electron chi connectivity index (χ3n) is 4.61. The van der Waals surface area contributed by atoms with Gasteiger partial charge in [0.25, 0.3) is 5.91 Å². The first kappa shape index (κ1) is 19.7. The Balaban J connectivity index is 1.76. The van der Waals surface area contributed by atoms with Gasteiger partial charge in [-0.25, -0.2) is 14.5 Å². The lowest BCUT2D eigenvalue weighted by Crippen LogP contribution is -2.21. The van der Waals surface area contributed by atoms with Crippen molar-refractivity contribution in [2.45, 2.75) is 20.0 Å². The maximum atomic E-state index is 12.5. The van der Waals surface area contributed by atoms with Crippen LogP contribution in [-0.2, 0) is 0 Å². The van der Waals surface area contributed by atoms with Gasteiger partial charge < -0.3 is 9.64 Å². The van der Waals surface area contributed by atoms with Crippen LogP contribution in [0.3, 0.4) is 0 Å². The number of aromatic nitrogens is 4. The van der Waals surface area contributed by atoms with Crippen molar-refractivity contribution in [1.82, 2.24) is 24.5 Å². The van der Waals surface area contributed by atoms with Crippen molar-refractivity contribution in [1.29, 1.82) is 0 Å². The van der Waals surface area contributed by atoms with Crippen LogP contribution in [0, 0.1) is 17.0 Å². The molecule has 1 aromatic carbocycles. The molecule has 30 heavy (non-hydrogen) atoms. The lowest BCUT2D eigenvalue weighted by molar-refractivity contribution is -0.386. The zero-order chi connectivity index (χ0) is 21.6. The molecule has 0 radical (unpaired) electrons. The summed E-state index contributed by atoms with van der Waals surface area (Å²) in [6.45, 7) is 3.58. The molecule has 0 saturated carbocycles. The van der Waals surface area contributed by atoms with Gasteiger partial charge in [0.15, 0.2) is 23.3 Å². The average Bonchev–Trinajstić information content (AvgIpc) is 3.28. The van der Waals surface area contributed by atoms with E-state index < -0.39 is 11.0 Å². The maximum absolute atomic E-state index is 12.5. The molecule has 0 aliphatic rings. The molecule has 1 amide bonds. The smallest absolute Gasteiger partial charge is 0.310 e. The Bertz CT molecular complexity index is 1300. The Morgan fingerprint density at radius 1 is 1.33 bits per heavy atom. The standard InChI is InChI=1S/C19H18N6O4S/c1-10-14-17-21-16(11(2)29-13-8-6-5-7-12(13)25(27)28)22-24(17)9-20-18(14)30-15(10)19(26)23(3)4/h5-9,11H,1-4H3. The third-order valence-corrected chi connectivity index (χ3v) is 5.80. The normalized spacial score (nSPS) is 12.3. The Kier molecular flexibility index (Phi) is 4.82. The number of rotatable bonds is 5. The van der Waals surface area contributed by atoms with Crippen LogP contribution in [0.5, 0.6) is 5.75 Å². The van der Waals surface area contributed by atoms with Crippen molar-refractivity contribution in [3.05, 3.63) is 57.0 Å². The lowest BCUT2D eigenvalue weighted by atomic mass is 10.2. The van der Waals surface area contributed by atoms with Crippen molar-refractivity contribution >= 4 is 38.8 Å². The minimum Gasteiger partial charge on any atom is -0.476 e. The fourth-order valence-corrected chi connectivity index (χ4v) is 4.25. The predicted octanol–water partition coefficient (Wildman–Crippen LogP) is 3.40. The summed E-state index contributed by atoms with van der Waals surface area (Å²) in [6, 6.07) is 6.15. The van der Waals surface area contributed by atoms with E-state index >= 15 is 0 Å². The van der Waals surface area contributed by atoms with E-state index in [2.05, 4.69) is 15.1 Å². The highest BCUT2D eigenvalue weighted by molar-refractivity contribution is 7.20. The molecule has 0 spiro atoms. The van der Waals surface area contributed by atoms with E-state index in [1.54, 1.807) is 33.2 Å². The molecule has 0 N–H and O–H groups in total. The number of carbonyl (C=O) groups excluding carboxylic acids is 1. The van der Waals surface area contributed by atoms with E-state index in [4.69, 9.17) is 4.74 Å². The van der Waals surface area contributed by atoms with Crippen LogP contribution < -0.4 is 4.74 Å². The molecule has 11 heteroatoms. The Morgan fingerprint density at radius 2 is 2.07 bits per heavy atom. The monoisotopic (exact) mass is 426 g/mol. The van der Waals surface area contributed by atoms with E-state index in [1.165, 1.54) is 39.2 Å². The molecule has 154 valence electrons. The molecular formula is C19H18N6O4S. The zero-order valence-electron chi connectivity index (χ0n) is 16.7. The minimum atomic E-state index is -0.636. The summed E-state index contributed by atoms with van der Waals surface area (Å²) in [4.78, 5) is 35.0. The highest BCUT2D eigenvalue weighted by Crippen LogP contribution is 2.33. The molecule has 3 heterocycles. The van der Waals surface area contributed by atoms with Gasteiger partial charge in [0.05, 0.1) is 15.2 Å². The van der Waals surface area contributed by atoms with Crippen molar-refractivity contribution in [2.75, 3.05) is 14.1 Å². The summed E-state index contributed by atoms with van der Waals surface area (Å²) in [5.41, 5.74) is 1.22. The molecule has 10 nitrogen and oxygen atoms in total. The second-order valence-electron chi connectivity index (χ2n) is 6.90. The van der Waals surface area contributed by atoms with Crippen LogP contribution in [0.4, 0.5) is 5.69 Å². The first-order chi connectivity index (χ1) is 14.3. The Hall–Kier alpha value is -3.60. The van der Waals surface area contributed by atoms with Gasteiger partial charge in [0.1, 0.15) is 11.2 Å². The highest BCUT2D eigenvalue weighted by Gasteiger charge is 2.24. The van der Waals surface area contributed by atoms with Gasteiger partial charge in [-0.2, -0.15) is 0 Å². The molecule has 0 bridgehead atoms. The number of amides is 1. The van der Waals surface area contributed by atoms with E-state index in [0.29, 0.717) is 21.2 Å². The van der Waals surface area contributed by atoms with Crippen LogP contribution in [0.2, 0.25) is 0 Å². The predicted molar refractivity (Wildman–Crippen MR) is 111 cm³/mol. The summed E-state index contributed by atoms with van der Waals surface area (Å²) >= 11 is 1.31. The number of carbonyl (C=O) groups is 1. The molecule has 0 aliphatic heterocycles. The quantitative estimate of drug-likeness (QED) is 0.355. The largest absolute Gasteiger partial charge is 0.476 e. The van der Waals surface area contributed by atoms with Crippen LogP contribution in [0.25, 0.3) is 15.9 Å². The van der Waals surface area contributed by atoms with Gasteiger partial charge >= 0.3 is 5.69 Å². The molecule has 0 aliphatic carbocycles. The molecule has 1 unspecified atom stereocenters. The minimum absolute atomic E-state index is 0.0959. The van der Waals surface area contributed by atoms with E-state index in [0.717, 1.165) is 10.9 Å². The van der Waals surface area contributed by atoms with Gasteiger partial charge in [0, 0.05) is 20.2 Å². The van der Waals surface area contributed by atoms with E-state index in [9.17, 15) is 14.9 Å². The first-order valence-electron chi connectivity index (χ1n) is 9.04. The van der Waals surface area contributed by atoms with Crippen LogP contribution >= 0.6 is 11.3 Å². The van der Waals surface area contributed by atoms with E-state index in [-0.39, 0.29) is 17.3 Å². The number of aryl methyl sites for hydroxylation is 1. The number of ether oxygens (including phenoxy) is 1. The van der Waals surface area contributed by atoms with Crippen LogP contribution in [-0.4, -0.2) is 49.4 Å². The summed E-state index contributed by atoms with van der Waals surface area (Å²) in [5.74, 6) is 0.401. The Labute approximate surface area is 174 Å². The van der Waals surface area contributed by atoms with Crippen molar-refractivity contribution in [3.63, 3.8) is 0 Å². The molecular weight excluding hydrogens is 408 g/mol. The zero-order valence-corrected chi connectivity index (χ0v) is 17.5. The second kappa shape index (κ2) is 7.34. The maximum Gasteiger partial charge on any atom is 0.310 e. The third kappa shape index (κ3) is 3.22. The topological polar surface area (TPSA) is 116 Å². The SMILES string of the molecule is Cc1c(C(=O)N(C)C)sc2ncn3nc(C(C)Oc4ccccc4[N+](=O)[O-])nc3c12. The second-order valence-corrected chi connectivity index (χ2v) is 7.90. The van der Waals surface area contributed by atoms with Crippen molar-refractivity contribution < 1.29 is 14.5 Å². The molecule has 4 aromatic rings. The number of benzene rings is 1. The van der Waals surface area contributed by atoms with Crippen molar-refractivity contribution in [3.8, 4) is 5.75 Å². The van der Waals surface area contributed by atoms with E-state index in [1.807, 2.05) is 6.92 Å². The molecule has 3 aromatic heterocycles. The van der Waals surface area contributed by atoms with Crippen LogP contribution in [0.15, 0.2) is 30.6 Å². The molecule has 0 fully saturated rings. The molecule has 4 rings (SSSR count). The average molecular weight is 426 g/mol. The molecule has 1 atom stereocenters. The number of nitrogens with zero attached hydrogens (tertiary/aromatic N) is 6. The van der Waals surface area contributed by atoms with Gasteiger partial charge in [-0.3, -0.25) is 14.9 Å². The summed E-state index contributed by atoms with van der Waals surface area (Å²) in [6.07, 6.45) is 0.897. The summed E-state index contributed by atoms with van der Waals surface area (Å²) in [7, 11) is 3.40. The van der Waals surface area contributed by atoms with Gasteiger partial charge in [-0.15, -0.1) is 16.4 Å². The number of para-hydroxylation sites is 2. The lowest BCUT2D eigenvalue weighted by Gasteiger charge is -2.11. The van der Waals surface area contributed by atoms with Gasteiger partial charge in [-0.1, -0.05) is 12.1 Å². The fraction of sp³-hybridized carbons (Fsp3) is 0.263. The number of hydrogen-bond donors (Lipinski definition) is 0. The number of nitro benzene ring substituents is 1. The van der Waals surface area contributed by atoms with Crippen molar-refractivity contribution in [2.24, 2.45) is 0 Å².